The van der Waals surface area contributed by atoms with Crippen molar-refractivity contribution in [1.29, 1.82) is 0 Å². The minimum absolute atomic E-state index is 0. The molecule has 0 aromatic rings. The van der Waals surface area contributed by atoms with Gasteiger partial charge in [-0.05, 0) is 18.8 Å². The summed E-state index contributed by atoms with van der Waals surface area (Å²) in [7, 11) is 0. The molecular weight excluding hydrogens is 226 g/mol. The van der Waals surface area contributed by atoms with E-state index in [4.69, 9.17) is 0 Å². The van der Waals surface area contributed by atoms with Crippen LogP contribution >= 0.6 is 0 Å². The average molecular weight is 259 g/mol. The molecule has 3 heteroatoms. The van der Waals surface area contributed by atoms with Crippen LogP contribution in [0.4, 0.5) is 0 Å². The number of hydrogen-bond acceptors (Lipinski definition) is 2. The standard InChI is InChI=1S/C15H30O2.H3N/c1-3-5-6-7-8-9-10-11-13-14(12-4-2)15(16)17;/h14H,3-13H2,1-2H3,(H,16,17);1H3. The first kappa shape index (κ1) is 19.8. The first-order valence-corrected chi connectivity index (χ1v) is 7.43. The molecule has 0 aromatic heterocycles. The highest BCUT2D eigenvalue weighted by molar-refractivity contribution is 5.67. The third-order valence-electron chi connectivity index (χ3n) is 3.38. The first-order chi connectivity index (χ1) is 8.22. The van der Waals surface area contributed by atoms with Crippen molar-refractivity contribution >= 4 is 5.97 Å². The van der Waals surface area contributed by atoms with Crippen LogP contribution in [0.5, 0.6) is 0 Å². The fraction of sp³-hybridized carbons (Fsp3) is 0.933. The second-order valence-corrected chi connectivity index (χ2v) is 5.07. The van der Waals surface area contributed by atoms with E-state index in [0.717, 1.165) is 25.7 Å². The SMILES string of the molecule is CCCCCCCCCCC(CCC)C(=O)[O-].[NH4+]. The molecule has 0 fully saturated rings. The van der Waals surface area contributed by atoms with Gasteiger partial charge in [-0.1, -0.05) is 71.6 Å². The topological polar surface area (TPSA) is 76.6 Å². The van der Waals surface area contributed by atoms with Gasteiger partial charge in [0.2, 0.25) is 0 Å². The minimum atomic E-state index is -0.852. The van der Waals surface area contributed by atoms with Gasteiger partial charge in [0.05, 0.1) is 0 Å². The van der Waals surface area contributed by atoms with E-state index in [-0.39, 0.29) is 12.1 Å². The number of unbranched alkanes of at least 4 members (excludes halogenated alkanes) is 7. The van der Waals surface area contributed by atoms with Crippen LogP contribution in [0, 0.1) is 5.92 Å². The first-order valence-electron chi connectivity index (χ1n) is 7.43. The Bertz CT molecular complexity index is 183. The lowest BCUT2D eigenvalue weighted by Gasteiger charge is -2.16. The molecule has 0 aliphatic rings. The maximum Gasteiger partial charge on any atom is 0.0445 e. The summed E-state index contributed by atoms with van der Waals surface area (Å²) in [6.45, 7) is 4.26. The smallest absolute Gasteiger partial charge is 0.0445 e. The van der Waals surface area contributed by atoms with E-state index in [1.807, 2.05) is 6.92 Å². The van der Waals surface area contributed by atoms with Crippen molar-refractivity contribution in [3.63, 3.8) is 0 Å². The molecule has 0 spiro atoms. The number of rotatable bonds is 12. The highest BCUT2D eigenvalue weighted by Crippen LogP contribution is 2.16. The van der Waals surface area contributed by atoms with Crippen molar-refractivity contribution in [2.24, 2.45) is 5.92 Å². The monoisotopic (exact) mass is 259 g/mol. The normalized spacial score (nSPS) is 11.9. The predicted octanol–water partition coefficient (Wildman–Crippen LogP) is 4.06. The zero-order valence-electron chi connectivity index (χ0n) is 12.7. The van der Waals surface area contributed by atoms with E-state index in [2.05, 4.69) is 6.92 Å². The fourth-order valence-corrected chi connectivity index (χ4v) is 2.25. The van der Waals surface area contributed by atoms with Crippen molar-refractivity contribution in [2.45, 2.75) is 84.5 Å². The zero-order valence-corrected chi connectivity index (χ0v) is 12.7. The molecule has 0 bridgehead atoms. The van der Waals surface area contributed by atoms with Gasteiger partial charge in [0.1, 0.15) is 0 Å². The van der Waals surface area contributed by atoms with E-state index < -0.39 is 5.97 Å². The van der Waals surface area contributed by atoms with Gasteiger partial charge in [0, 0.05) is 5.97 Å². The number of carboxylic acid groups (broad SMARTS) is 1. The van der Waals surface area contributed by atoms with Gasteiger partial charge in [0.15, 0.2) is 0 Å². The molecule has 4 N–H and O–H groups in total. The van der Waals surface area contributed by atoms with Crippen LogP contribution in [-0.2, 0) is 4.79 Å². The summed E-state index contributed by atoms with van der Waals surface area (Å²) in [5.74, 6) is -1.06. The molecule has 0 rings (SSSR count). The van der Waals surface area contributed by atoms with Crippen molar-refractivity contribution in [3.8, 4) is 0 Å². The molecule has 1 unspecified atom stereocenters. The molecule has 1 atom stereocenters. The number of hydrogen-bond donors (Lipinski definition) is 1. The summed E-state index contributed by atoms with van der Waals surface area (Å²) in [6, 6.07) is 0. The molecule has 0 aliphatic heterocycles. The largest absolute Gasteiger partial charge is 0.550 e. The second kappa shape index (κ2) is 14.5. The summed E-state index contributed by atoms with van der Waals surface area (Å²) in [6.07, 6.45) is 12.7. The van der Waals surface area contributed by atoms with Gasteiger partial charge in [-0.25, -0.2) is 0 Å². The molecule has 18 heavy (non-hydrogen) atoms. The van der Waals surface area contributed by atoms with Crippen LogP contribution in [0.15, 0.2) is 0 Å². The van der Waals surface area contributed by atoms with Gasteiger partial charge in [-0.2, -0.15) is 0 Å². The lowest BCUT2D eigenvalue weighted by atomic mass is 9.96. The Labute approximate surface area is 113 Å². The summed E-state index contributed by atoms with van der Waals surface area (Å²) < 4.78 is 0. The van der Waals surface area contributed by atoms with E-state index in [1.165, 1.54) is 44.9 Å². The number of carbonyl (C=O) groups is 1. The maximum absolute atomic E-state index is 10.8. The number of quaternary nitrogens is 1. The van der Waals surface area contributed by atoms with Crippen molar-refractivity contribution in [2.75, 3.05) is 0 Å². The molecular formula is C15H33NO2. The van der Waals surface area contributed by atoms with Crippen LogP contribution in [0.1, 0.15) is 84.5 Å². The lowest BCUT2D eigenvalue weighted by molar-refractivity contribution is -0.312. The molecule has 0 amide bonds. The Morgan fingerprint density at radius 2 is 1.33 bits per heavy atom. The third-order valence-corrected chi connectivity index (χ3v) is 3.38. The van der Waals surface area contributed by atoms with Crippen LogP contribution in [-0.4, -0.2) is 5.97 Å². The van der Waals surface area contributed by atoms with Crippen LogP contribution in [0.2, 0.25) is 0 Å². The maximum atomic E-state index is 10.8. The molecule has 110 valence electrons. The molecule has 0 radical (unpaired) electrons. The Morgan fingerprint density at radius 1 is 0.833 bits per heavy atom. The molecule has 3 nitrogen and oxygen atoms in total. The molecule has 0 saturated carbocycles. The fourth-order valence-electron chi connectivity index (χ4n) is 2.25. The highest BCUT2D eigenvalue weighted by Gasteiger charge is 2.07. The Hall–Kier alpha value is -0.570. The summed E-state index contributed by atoms with van der Waals surface area (Å²) in [4.78, 5) is 10.8. The average Bonchev–Trinajstić information content (AvgIpc) is 2.31. The minimum Gasteiger partial charge on any atom is -0.550 e. The third kappa shape index (κ3) is 11.9. The highest BCUT2D eigenvalue weighted by atomic mass is 16.4. The number of aliphatic carboxylic acids is 1. The molecule has 0 saturated heterocycles. The molecule has 0 aromatic carbocycles. The Balaban J connectivity index is 0. The lowest BCUT2D eigenvalue weighted by Crippen LogP contribution is -2.31. The van der Waals surface area contributed by atoms with Gasteiger partial charge >= 0.3 is 0 Å². The Kier molecular flexibility index (Phi) is 15.9. The second-order valence-electron chi connectivity index (χ2n) is 5.07. The van der Waals surface area contributed by atoms with E-state index in [1.54, 1.807) is 0 Å². The van der Waals surface area contributed by atoms with Crippen molar-refractivity contribution < 1.29 is 9.90 Å². The van der Waals surface area contributed by atoms with Crippen molar-refractivity contribution in [3.05, 3.63) is 0 Å². The quantitative estimate of drug-likeness (QED) is 0.536. The van der Waals surface area contributed by atoms with Crippen molar-refractivity contribution in [1.82, 2.24) is 6.15 Å². The summed E-state index contributed by atoms with van der Waals surface area (Å²) >= 11 is 0. The molecule has 0 aliphatic carbocycles. The van der Waals surface area contributed by atoms with Gasteiger partial charge in [-0.3, -0.25) is 0 Å². The summed E-state index contributed by atoms with van der Waals surface area (Å²) in [5, 5.41) is 10.8. The predicted molar refractivity (Wildman–Crippen MR) is 76.6 cm³/mol. The van der Waals surface area contributed by atoms with Gasteiger partial charge in [-0.15, -0.1) is 0 Å². The van der Waals surface area contributed by atoms with Gasteiger partial charge < -0.3 is 16.1 Å². The van der Waals surface area contributed by atoms with Crippen LogP contribution < -0.4 is 11.3 Å². The number of carbonyl (C=O) groups excluding carboxylic acids is 1. The molecule has 0 heterocycles. The van der Waals surface area contributed by atoms with E-state index in [0.29, 0.717) is 0 Å². The Morgan fingerprint density at radius 3 is 1.78 bits per heavy atom. The van der Waals surface area contributed by atoms with Gasteiger partial charge in [0.25, 0.3) is 0 Å². The van der Waals surface area contributed by atoms with E-state index >= 15 is 0 Å². The van der Waals surface area contributed by atoms with Crippen LogP contribution in [0.25, 0.3) is 0 Å². The summed E-state index contributed by atoms with van der Waals surface area (Å²) in [5.41, 5.74) is 0. The number of carboxylic acids is 1. The zero-order chi connectivity index (χ0) is 12.9. The van der Waals surface area contributed by atoms with E-state index in [9.17, 15) is 9.90 Å². The van der Waals surface area contributed by atoms with Crippen LogP contribution in [0.3, 0.4) is 0 Å².